The second-order valence-electron chi connectivity index (χ2n) is 5.86. The van der Waals surface area contributed by atoms with E-state index in [1.54, 1.807) is 0 Å². The molecule has 3 rings (SSSR count). The molecule has 0 atom stereocenters. The molecule has 2 aromatic carbocycles. The minimum Gasteiger partial charge on any atom is -0.317 e. The molecule has 1 fully saturated rings. The quantitative estimate of drug-likeness (QED) is 0.879. The molecule has 0 saturated carbocycles. The normalized spacial score (nSPS) is 17.5. The van der Waals surface area contributed by atoms with Crippen LogP contribution in [0, 0.1) is 0 Å². The number of piperidine rings is 1. The van der Waals surface area contributed by atoms with Crippen molar-refractivity contribution in [3.05, 3.63) is 71.8 Å². The zero-order valence-corrected chi connectivity index (χ0v) is 12.5. The minimum absolute atomic E-state index is 0.140. The summed E-state index contributed by atoms with van der Waals surface area (Å²) in [5.41, 5.74) is 2.98. The fourth-order valence-corrected chi connectivity index (χ4v) is 3.27. The lowest BCUT2D eigenvalue weighted by atomic mass is 9.81. The van der Waals surface area contributed by atoms with Crippen LogP contribution in [0.1, 0.15) is 24.0 Å². The van der Waals surface area contributed by atoms with Crippen molar-refractivity contribution in [2.45, 2.75) is 24.8 Å². The summed E-state index contributed by atoms with van der Waals surface area (Å²) in [6, 6.07) is 21.7. The molecule has 110 valence electrons. The molecule has 0 aromatic heterocycles. The van der Waals surface area contributed by atoms with Gasteiger partial charge in [0.25, 0.3) is 0 Å². The Balaban J connectivity index is 1.68. The van der Waals surface area contributed by atoms with E-state index < -0.39 is 0 Å². The van der Waals surface area contributed by atoms with Crippen LogP contribution < -0.4 is 10.6 Å². The largest absolute Gasteiger partial charge is 0.317 e. The lowest BCUT2D eigenvalue weighted by Gasteiger charge is -2.39. The van der Waals surface area contributed by atoms with Gasteiger partial charge < -0.3 is 10.6 Å². The van der Waals surface area contributed by atoms with Gasteiger partial charge >= 0.3 is 0 Å². The number of hydrogen-bond donors (Lipinski definition) is 2. The second kappa shape index (κ2) is 6.88. The first-order valence-corrected chi connectivity index (χ1v) is 7.94. The van der Waals surface area contributed by atoms with E-state index in [2.05, 4.69) is 71.3 Å². The predicted molar refractivity (Wildman–Crippen MR) is 88.4 cm³/mol. The van der Waals surface area contributed by atoms with Gasteiger partial charge in [0.15, 0.2) is 0 Å². The Morgan fingerprint density at radius 3 is 2.14 bits per heavy atom. The summed E-state index contributed by atoms with van der Waals surface area (Å²) in [7, 11) is 0. The highest BCUT2D eigenvalue weighted by atomic mass is 15.0. The zero-order chi connectivity index (χ0) is 14.4. The van der Waals surface area contributed by atoms with Gasteiger partial charge in [-0.2, -0.15) is 0 Å². The van der Waals surface area contributed by atoms with Crippen LogP contribution >= 0.6 is 0 Å². The Morgan fingerprint density at radius 1 is 0.857 bits per heavy atom. The lowest BCUT2D eigenvalue weighted by Crippen LogP contribution is -2.50. The molecule has 1 aliphatic rings. The van der Waals surface area contributed by atoms with E-state index in [1.807, 2.05) is 0 Å². The Morgan fingerprint density at radius 2 is 1.48 bits per heavy atom. The third kappa shape index (κ3) is 3.52. The summed E-state index contributed by atoms with van der Waals surface area (Å²) in [6.45, 7) is 3.21. The van der Waals surface area contributed by atoms with Crippen LogP contribution in [0.25, 0.3) is 0 Å². The SMILES string of the molecule is c1ccc(CCNC2(c3ccccc3)CCNCC2)cc1. The maximum atomic E-state index is 3.86. The summed E-state index contributed by atoms with van der Waals surface area (Å²) >= 11 is 0. The van der Waals surface area contributed by atoms with Crippen molar-refractivity contribution >= 4 is 0 Å². The van der Waals surface area contributed by atoms with E-state index in [0.29, 0.717) is 0 Å². The standard InChI is InChI=1S/C19H24N2/c1-3-7-17(8-4-1)11-14-21-19(12-15-20-16-13-19)18-9-5-2-6-10-18/h1-10,20-21H,11-16H2. The Hall–Kier alpha value is -1.64. The number of benzene rings is 2. The van der Waals surface area contributed by atoms with Crippen LogP contribution in [0.15, 0.2) is 60.7 Å². The smallest absolute Gasteiger partial charge is 0.0459 e. The van der Waals surface area contributed by atoms with Crippen molar-refractivity contribution in [2.75, 3.05) is 19.6 Å². The third-order valence-corrected chi connectivity index (χ3v) is 4.50. The molecule has 2 nitrogen and oxygen atoms in total. The van der Waals surface area contributed by atoms with Gasteiger partial charge in [-0.3, -0.25) is 0 Å². The minimum atomic E-state index is 0.140. The van der Waals surface area contributed by atoms with Gasteiger partial charge in [-0.15, -0.1) is 0 Å². The average Bonchev–Trinajstić information content (AvgIpc) is 2.58. The lowest BCUT2D eigenvalue weighted by molar-refractivity contribution is 0.247. The third-order valence-electron chi connectivity index (χ3n) is 4.50. The van der Waals surface area contributed by atoms with Gasteiger partial charge in [0, 0.05) is 5.54 Å². The van der Waals surface area contributed by atoms with Gasteiger partial charge in [-0.1, -0.05) is 60.7 Å². The van der Waals surface area contributed by atoms with E-state index >= 15 is 0 Å². The van der Waals surface area contributed by atoms with E-state index in [-0.39, 0.29) is 5.54 Å². The molecule has 2 heteroatoms. The Bertz CT molecular complexity index is 530. The van der Waals surface area contributed by atoms with Crippen molar-refractivity contribution in [2.24, 2.45) is 0 Å². The van der Waals surface area contributed by atoms with E-state index in [4.69, 9.17) is 0 Å². The maximum absolute atomic E-state index is 3.86. The fourth-order valence-electron chi connectivity index (χ4n) is 3.27. The van der Waals surface area contributed by atoms with Gasteiger partial charge in [-0.05, 0) is 50.0 Å². The molecule has 1 heterocycles. The summed E-state index contributed by atoms with van der Waals surface area (Å²) in [5.74, 6) is 0. The van der Waals surface area contributed by atoms with Crippen LogP contribution in [-0.4, -0.2) is 19.6 Å². The van der Waals surface area contributed by atoms with Crippen molar-refractivity contribution in [1.29, 1.82) is 0 Å². The van der Waals surface area contributed by atoms with Gasteiger partial charge in [0.05, 0.1) is 0 Å². The first-order chi connectivity index (χ1) is 10.4. The number of nitrogens with one attached hydrogen (secondary N) is 2. The highest BCUT2D eigenvalue weighted by Gasteiger charge is 2.32. The zero-order valence-electron chi connectivity index (χ0n) is 12.5. The van der Waals surface area contributed by atoms with Crippen LogP contribution in [0.3, 0.4) is 0 Å². The molecule has 21 heavy (non-hydrogen) atoms. The maximum Gasteiger partial charge on any atom is 0.0459 e. The second-order valence-corrected chi connectivity index (χ2v) is 5.86. The summed E-state index contributed by atoms with van der Waals surface area (Å²) in [6.07, 6.45) is 3.40. The highest BCUT2D eigenvalue weighted by Crippen LogP contribution is 2.30. The molecule has 0 bridgehead atoms. The fraction of sp³-hybridized carbons (Fsp3) is 0.368. The summed E-state index contributed by atoms with van der Waals surface area (Å²) in [4.78, 5) is 0. The van der Waals surface area contributed by atoms with Crippen LogP contribution in [0.2, 0.25) is 0 Å². The van der Waals surface area contributed by atoms with E-state index in [0.717, 1.165) is 38.9 Å². The first-order valence-electron chi connectivity index (χ1n) is 7.94. The van der Waals surface area contributed by atoms with Crippen LogP contribution in [0.4, 0.5) is 0 Å². The number of rotatable bonds is 5. The van der Waals surface area contributed by atoms with Gasteiger partial charge in [-0.25, -0.2) is 0 Å². The van der Waals surface area contributed by atoms with Crippen molar-refractivity contribution < 1.29 is 0 Å². The van der Waals surface area contributed by atoms with Crippen molar-refractivity contribution in [1.82, 2.24) is 10.6 Å². The molecular formula is C19H24N2. The molecule has 0 unspecified atom stereocenters. The first kappa shape index (κ1) is 14.3. The number of hydrogen-bond acceptors (Lipinski definition) is 2. The molecule has 2 N–H and O–H groups in total. The van der Waals surface area contributed by atoms with Crippen LogP contribution in [-0.2, 0) is 12.0 Å². The monoisotopic (exact) mass is 280 g/mol. The average molecular weight is 280 g/mol. The Kier molecular flexibility index (Phi) is 4.69. The van der Waals surface area contributed by atoms with E-state index in [9.17, 15) is 0 Å². The Labute approximate surface area is 127 Å². The van der Waals surface area contributed by atoms with E-state index in [1.165, 1.54) is 11.1 Å². The van der Waals surface area contributed by atoms with Crippen molar-refractivity contribution in [3.8, 4) is 0 Å². The predicted octanol–water partition coefficient (Wildman–Crippen LogP) is 3.10. The molecule has 1 saturated heterocycles. The van der Waals surface area contributed by atoms with Crippen molar-refractivity contribution in [3.63, 3.8) is 0 Å². The van der Waals surface area contributed by atoms with Gasteiger partial charge in [0.2, 0.25) is 0 Å². The molecule has 0 aliphatic carbocycles. The molecule has 0 amide bonds. The molecule has 0 radical (unpaired) electrons. The summed E-state index contributed by atoms with van der Waals surface area (Å²) < 4.78 is 0. The molecular weight excluding hydrogens is 256 g/mol. The van der Waals surface area contributed by atoms with Gasteiger partial charge in [0.1, 0.15) is 0 Å². The molecule has 2 aromatic rings. The topological polar surface area (TPSA) is 24.1 Å². The molecule has 0 spiro atoms. The molecule has 1 aliphatic heterocycles. The van der Waals surface area contributed by atoms with Crippen LogP contribution in [0.5, 0.6) is 0 Å². The highest BCUT2D eigenvalue weighted by molar-refractivity contribution is 5.25. The summed E-state index contributed by atoms with van der Waals surface area (Å²) in [5, 5.41) is 7.34.